The van der Waals surface area contributed by atoms with Crippen LogP contribution in [0.5, 0.6) is 0 Å². The summed E-state index contributed by atoms with van der Waals surface area (Å²) in [6, 6.07) is 21.2. The number of rotatable bonds is 11. The first-order valence-electron chi connectivity index (χ1n) is 13.6. The average molecular weight is 661 g/mol. The van der Waals surface area contributed by atoms with Crippen LogP contribution in [0.25, 0.3) is 0 Å². The van der Waals surface area contributed by atoms with E-state index in [0.29, 0.717) is 5.02 Å². The molecule has 0 spiro atoms. The summed E-state index contributed by atoms with van der Waals surface area (Å²) in [5.74, 6) is -0.733. The van der Waals surface area contributed by atoms with Gasteiger partial charge in [-0.1, -0.05) is 88.9 Å². The van der Waals surface area contributed by atoms with Crippen molar-refractivity contribution in [3.05, 3.63) is 99.0 Å². The first kappa shape index (κ1) is 31.1. The van der Waals surface area contributed by atoms with E-state index in [1.54, 1.807) is 12.1 Å². The van der Waals surface area contributed by atoms with E-state index in [2.05, 4.69) is 21.2 Å². The summed E-state index contributed by atoms with van der Waals surface area (Å²) >= 11 is 9.81. The highest BCUT2D eigenvalue weighted by molar-refractivity contribution is 9.10. The number of anilines is 1. The molecule has 1 saturated carbocycles. The van der Waals surface area contributed by atoms with Crippen molar-refractivity contribution in [2.24, 2.45) is 0 Å². The first-order valence-corrected chi connectivity index (χ1v) is 16.7. The first-order chi connectivity index (χ1) is 19.5. The number of hydrogen-bond acceptors (Lipinski definition) is 4. The van der Waals surface area contributed by atoms with Gasteiger partial charge in [-0.15, -0.1) is 0 Å². The van der Waals surface area contributed by atoms with Gasteiger partial charge in [0, 0.05) is 28.5 Å². The molecule has 7 nitrogen and oxygen atoms in total. The fourth-order valence-electron chi connectivity index (χ4n) is 5.10. The highest BCUT2D eigenvalue weighted by Gasteiger charge is 2.34. The van der Waals surface area contributed by atoms with Crippen molar-refractivity contribution in [3.63, 3.8) is 0 Å². The summed E-state index contributed by atoms with van der Waals surface area (Å²) in [5.41, 5.74) is 2.78. The Bertz CT molecular complexity index is 1480. The Morgan fingerprint density at radius 2 is 1.68 bits per heavy atom. The van der Waals surface area contributed by atoms with E-state index in [0.717, 1.165) is 57.4 Å². The maximum absolute atomic E-state index is 14.2. The van der Waals surface area contributed by atoms with Crippen molar-refractivity contribution in [2.45, 2.75) is 57.7 Å². The van der Waals surface area contributed by atoms with E-state index < -0.39 is 28.5 Å². The van der Waals surface area contributed by atoms with E-state index in [4.69, 9.17) is 11.6 Å². The van der Waals surface area contributed by atoms with E-state index >= 15 is 0 Å². The van der Waals surface area contributed by atoms with Gasteiger partial charge in [-0.2, -0.15) is 0 Å². The second-order valence-corrected chi connectivity index (χ2v) is 13.8. The SMILES string of the molecule is Cc1ccc(N(CC(=O)N(Cc2cccc(Br)c2)[C@@H](Cc2ccccc2)C(=O)NC2CCCC2)S(C)(=O)=O)cc1Cl. The Morgan fingerprint density at radius 1 is 1.00 bits per heavy atom. The predicted octanol–water partition coefficient (Wildman–Crippen LogP) is 5.88. The lowest BCUT2D eigenvalue weighted by Crippen LogP contribution is -2.54. The molecule has 0 aromatic heterocycles. The third-order valence-electron chi connectivity index (χ3n) is 7.34. The zero-order chi connectivity index (χ0) is 29.6. The van der Waals surface area contributed by atoms with Crippen molar-refractivity contribution < 1.29 is 18.0 Å². The molecule has 0 bridgehead atoms. The number of sulfonamides is 1. The lowest BCUT2D eigenvalue weighted by atomic mass is 10.0. The summed E-state index contributed by atoms with van der Waals surface area (Å²) < 4.78 is 27.8. The largest absolute Gasteiger partial charge is 0.352 e. The Hall–Kier alpha value is -2.88. The van der Waals surface area contributed by atoms with Crippen LogP contribution in [0.1, 0.15) is 42.4 Å². The van der Waals surface area contributed by atoms with Gasteiger partial charge in [0.05, 0.1) is 11.9 Å². The van der Waals surface area contributed by atoms with Crippen LogP contribution in [-0.2, 0) is 32.6 Å². The minimum atomic E-state index is -3.86. The molecule has 1 fully saturated rings. The molecule has 0 unspecified atom stereocenters. The van der Waals surface area contributed by atoms with Gasteiger partial charge in [0.15, 0.2) is 0 Å². The van der Waals surface area contributed by atoms with Crippen LogP contribution in [-0.4, -0.2) is 50.0 Å². The van der Waals surface area contributed by atoms with Gasteiger partial charge in [0.2, 0.25) is 21.8 Å². The Kier molecular flexibility index (Phi) is 10.5. The van der Waals surface area contributed by atoms with Crippen LogP contribution in [0, 0.1) is 6.92 Å². The topological polar surface area (TPSA) is 86.8 Å². The Labute approximate surface area is 256 Å². The molecule has 41 heavy (non-hydrogen) atoms. The molecule has 1 atom stereocenters. The molecule has 1 N–H and O–H groups in total. The van der Waals surface area contributed by atoms with Gasteiger partial charge in [-0.25, -0.2) is 8.42 Å². The molecule has 1 aliphatic rings. The monoisotopic (exact) mass is 659 g/mol. The number of halogens is 2. The van der Waals surface area contributed by atoms with Crippen molar-refractivity contribution in [1.82, 2.24) is 10.2 Å². The lowest BCUT2D eigenvalue weighted by Gasteiger charge is -2.34. The molecule has 4 rings (SSSR count). The number of aryl methyl sites for hydroxylation is 1. The molecule has 2 amide bonds. The zero-order valence-corrected chi connectivity index (χ0v) is 26.4. The molecule has 3 aromatic rings. The van der Waals surface area contributed by atoms with Crippen LogP contribution >= 0.6 is 27.5 Å². The number of hydrogen-bond donors (Lipinski definition) is 1. The molecule has 0 heterocycles. The standard InChI is InChI=1S/C31H35BrClN3O4S/c1-22-15-16-27(19-28(22)33)36(41(2,39)40)21-30(37)35(20-24-11-8-12-25(32)17-24)29(18-23-9-4-3-5-10-23)31(38)34-26-13-6-7-14-26/h3-5,8-12,15-17,19,26,29H,6-7,13-14,18,20-21H2,1-2H3,(H,34,38)/t29-/m0/s1. The summed E-state index contributed by atoms with van der Waals surface area (Å²) in [6.45, 7) is 1.47. The number of nitrogens with zero attached hydrogens (tertiary/aromatic N) is 2. The molecular weight excluding hydrogens is 626 g/mol. The Morgan fingerprint density at radius 3 is 2.32 bits per heavy atom. The maximum Gasteiger partial charge on any atom is 0.244 e. The van der Waals surface area contributed by atoms with Gasteiger partial charge in [0.25, 0.3) is 0 Å². The molecule has 3 aromatic carbocycles. The van der Waals surface area contributed by atoms with Gasteiger partial charge in [0.1, 0.15) is 12.6 Å². The zero-order valence-electron chi connectivity index (χ0n) is 23.2. The third-order valence-corrected chi connectivity index (χ3v) is 9.38. The molecular formula is C31H35BrClN3O4S. The summed E-state index contributed by atoms with van der Waals surface area (Å²) in [4.78, 5) is 29.6. The quantitative estimate of drug-likeness (QED) is 0.279. The number of benzene rings is 3. The van der Waals surface area contributed by atoms with Gasteiger partial charge >= 0.3 is 0 Å². The van der Waals surface area contributed by atoms with E-state index in [1.165, 1.54) is 11.0 Å². The third kappa shape index (κ3) is 8.56. The average Bonchev–Trinajstić information content (AvgIpc) is 3.44. The van der Waals surface area contributed by atoms with Crippen molar-refractivity contribution >= 4 is 55.1 Å². The van der Waals surface area contributed by atoms with Crippen molar-refractivity contribution in [2.75, 3.05) is 17.1 Å². The summed E-state index contributed by atoms with van der Waals surface area (Å²) in [5, 5.41) is 3.57. The van der Waals surface area contributed by atoms with Gasteiger partial charge in [-0.3, -0.25) is 13.9 Å². The molecule has 10 heteroatoms. The van der Waals surface area contributed by atoms with E-state index in [1.807, 2.05) is 61.5 Å². The van der Waals surface area contributed by atoms with Crippen LogP contribution in [0.15, 0.2) is 77.3 Å². The van der Waals surface area contributed by atoms with Crippen LogP contribution in [0.3, 0.4) is 0 Å². The summed E-state index contributed by atoms with van der Waals surface area (Å²) in [6.07, 6.45) is 5.25. The minimum Gasteiger partial charge on any atom is -0.352 e. The molecule has 0 aliphatic heterocycles. The predicted molar refractivity (Wildman–Crippen MR) is 167 cm³/mol. The molecule has 1 aliphatic carbocycles. The van der Waals surface area contributed by atoms with Gasteiger partial charge in [-0.05, 0) is 60.7 Å². The molecule has 0 radical (unpaired) electrons. The number of amides is 2. The smallest absolute Gasteiger partial charge is 0.244 e. The summed E-state index contributed by atoms with van der Waals surface area (Å²) in [7, 11) is -3.86. The fourth-order valence-corrected chi connectivity index (χ4v) is 6.57. The number of carbonyl (C=O) groups excluding carboxylic acids is 2. The van der Waals surface area contributed by atoms with Crippen LogP contribution in [0.4, 0.5) is 5.69 Å². The highest BCUT2D eigenvalue weighted by atomic mass is 79.9. The Balaban J connectivity index is 1.73. The maximum atomic E-state index is 14.2. The van der Waals surface area contributed by atoms with Crippen molar-refractivity contribution in [3.8, 4) is 0 Å². The normalized spacial score (nSPS) is 14.4. The van der Waals surface area contributed by atoms with Gasteiger partial charge < -0.3 is 10.2 Å². The number of carbonyl (C=O) groups is 2. The second-order valence-electron chi connectivity index (χ2n) is 10.6. The minimum absolute atomic E-state index is 0.0609. The van der Waals surface area contributed by atoms with Crippen molar-refractivity contribution in [1.29, 1.82) is 0 Å². The second kappa shape index (κ2) is 13.9. The fraction of sp³-hybridized carbons (Fsp3) is 0.355. The molecule has 218 valence electrons. The molecule has 0 saturated heterocycles. The lowest BCUT2D eigenvalue weighted by molar-refractivity contribution is -0.140. The van der Waals surface area contributed by atoms with E-state index in [-0.39, 0.29) is 30.6 Å². The van der Waals surface area contributed by atoms with Crippen LogP contribution in [0.2, 0.25) is 5.02 Å². The van der Waals surface area contributed by atoms with Crippen LogP contribution < -0.4 is 9.62 Å². The highest BCUT2D eigenvalue weighted by Crippen LogP contribution is 2.26. The van der Waals surface area contributed by atoms with E-state index in [9.17, 15) is 18.0 Å². The number of nitrogens with one attached hydrogen (secondary N) is 1.